The van der Waals surface area contributed by atoms with E-state index in [1.807, 2.05) is 0 Å². The van der Waals surface area contributed by atoms with Crippen molar-refractivity contribution in [3.8, 4) is 0 Å². The van der Waals surface area contributed by atoms with E-state index in [2.05, 4.69) is 14.2 Å². The summed E-state index contributed by atoms with van der Waals surface area (Å²) in [5.41, 5.74) is -0.00561. The van der Waals surface area contributed by atoms with Crippen LogP contribution in [0.1, 0.15) is 20.7 Å². The van der Waals surface area contributed by atoms with Gasteiger partial charge in [0, 0.05) is 7.11 Å². The maximum Gasteiger partial charge on any atom is 0.378 e. The lowest BCUT2D eigenvalue weighted by molar-refractivity contribution is -0.170. The first-order valence-corrected chi connectivity index (χ1v) is 5.82. The van der Waals surface area contributed by atoms with Crippen LogP contribution in [0.2, 0.25) is 0 Å². The maximum absolute atomic E-state index is 12.8. The van der Waals surface area contributed by atoms with Gasteiger partial charge in [-0.3, -0.25) is 0 Å². The van der Waals surface area contributed by atoms with Crippen LogP contribution >= 0.6 is 0 Å². The van der Waals surface area contributed by atoms with Crippen LogP contribution in [0.3, 0.4) is 0 Å². The Morgan fingerprint density at radius 2 is 1.50 bits per heavy atom. The van der Waals surface area contributed by atoms with Crippen molar-refractivity contribution in [3.05, 3.63) is 35.4 Å². The van der Waals surface area contributed by atoms with Crippen molar-refractivity contribution in [2.24, 2.45) is 0 Å². The topological polar surface area (TPSA) is 99.1 Å². The SMILES string of the molecule is COCOC(=O)c1ccc(C(=O)OCC(F)(F)C(=O)O)cc1. The third-order valence-electron chi connectivity index (χ3n) is 2.36. The van der Waals surface area contributed by atoms with Gasteiger partial charge in [-0.25, -0.2) is 14.4 Å². The average molecular weight is 318 g/mol. The van der Waals surface area contributed by atoms with Crippen LogP contribution in [0.25, 0.3) is 0 Å². The first kappa shape index (κ1) is 17.5. The third kappa shape index (κ3) is 4.77. The molecule has 0 atom stereocenters. The molecule has 1 N–H and O–H groups in total. The molecule has 0 aromatic heterocycles. The molecule has 7 nitrogen and oxygen atoms in total. The third-order valence-corrected chi connectivity index (χ3v) is 2.36. The Morgan fingerprint density at radius 1 is 1.05 bits per heavy atom. The number of carboxylic acid groups (broad SMARTS) is 1. The summed E-state index contributed by atoms with van der Waals surface area (Å²) in [6, 6.07) is 4.77. The van der Waals surface area contributed by atoms with E-state index in [1.54, 1.807) is 0 Å². The Hall–Kier alpha value is -2.55. The van der Waals surface area contributed by atoms with Crippen molar-refractivity contribution in [1.29, 1.82) is 0 Å². The van der Waals surface area contributed by atoms with Crippen LogP contribution in [0.5, 0.6) is 0 Å². The number of rotatable bonds is 7. The number of carbonyl (C=O) groups is 3. The molecule has 22 heavy (non-hydrogen) atoms. The number of carboxylic acids is 1. The number of aliphatic carboxylic acids is 1. The van der Waals surface area contributed by atoms with E-state index in [1.165, 1.54) is 19.2 Å². The first-order valence-electron chi connectivity index (χ1n) is 5.82. The number of ether oxygens (including phenoxy) is 3. The molecule has 0 saturated heterocycles. The summed E-state index contributed by atoms with van der Waals surface area (Å²) in [5.74, 6) is -8.40. The van der Waals surface area contributed by atoms with Gasteiger partial charge >= 0.3 is 23.8 Å². The molecule has 1 rings (SSSR count). The van der Waals surface area contributed by atoms with E-state index in [0.29, 0.717) is 0 Å². The van der Waals surface area contributed by atoms with Gasteiger partial charge in [0.05, 0.1) is 11.1 Å². The minimum absolute atomic E-state index is 0.115. The van der Waals surface area contributed by atoms with E-state index < -0.39 is 30.4 Å². The zero-order valence-corrected chi connectivity index (χ0v) is 11.4. The highest BCUT2D eigenvalue weighted by Gasteiger charge is 2.40. The smallest absolute Gasteiger partial charge is 0.378 e. The lowest BCUT2D eigenvalue weighted by Gasteiger charge is -2.11. The molecule has 0 unspecified atom stereocenters. The molecule has 0 saturated carbocycles. The summed E-state index contributed by atoms with van der Waals surface area (Å²) >= 11 is 0. The minimum Gasteiger partial charge on any atom is -0.477 e. The number of hydrogen-bond acceptors (Lipinski definition) is 6. The molecule has 1 aromatic carbocycles. The fourth-order valence-electron chi connectivity index (χ4n) is 1.24. The van der Waals surface area contributed by atoms with Crippen LogP contribution < -0.4 is 0 Å². The average Bonchev–Trinajstić information content (AvgIpc) is 2.50. The summed E-state index contributed by atoms with van der Waals surface area (Å²) in [4.78, 5) is 33.1. The number of hydrogen-bond donors (Lipinski definition) is 1. The molecule has 9 heteroatoms. The Kier molecular flexibility index (Phi) is 5.93. The number of methoxy groups -OCH3 is 1. The normalized spacial score (nSPS) is 10.9. The number of carbonyl (C=O) groups excluding carboxylic acids is 2. The number of halogens is 2. The molecule has 1 aromatic rings. The monoisotopic (exact) mass is 318 g/mol. The molecular weight excluding hydrogens is 306 g/mol. The number of alkyl halides is 2. The number of esters is 2. The van der Waals surface area contributed by atoms with E-state index in [-0.39, 0.29) is 17.9 Å². The van der Waals surface area contributed by atoms with Crippen LogP contribution in [0, 0.1) is 0 Å². The molecule has 0 fully saturated rings. The highest BCUT2D eigenvalue weighted by atomic mass is 19.3. The van der Waals surface area contributed by atoms with Crippen molar-refractivity contribution in [3.63, 3.8) is 0 Å². The van der Waals surface area contributed by atoms with Gasteiger partial charge in [-0.1, -0.05) is 0 Å². The maximum atomic E-state index is 12.8. The molecule has 120 valence electrons. The number of benzene rings is 1. The Balaban J connectivity index is 2.64. The predicted molar refractivity (Wildman–Crippen MR) is 66.6 cm³/mol. The fourth-order valence-corrected chi connectivity index (χ4v) is 1.24. The molecule has 0 aliphatic rings. The molecule has 0 aliphatic heterocycles. The van der Waals surface area contributed by atoms with Crippen LogP contribution in [0.4, 0.5) is 8.78 Å². The molecule has 0 amide bonds. The van der Waals surface area contributed by atoms with E-state index in [4.69, 9.17) is 5.11 Å². The van der Waals surface area contributed by atoms with Gasteiger partial charge in [0.15, 0.2) is 13.4 Å². The quantitative estimate of drug-likeness (QED) is 0.598. The first-order chi connectivity index (χ1) is 10.3. The van der Waals surface area contributed by atoms with Crippen LogP contribution in [0.15, 0.2) is 24.3 Å². The zero-order chi connectivity index (χ0) is 16.8. The van der Waals surface area contributed by atoms with Crippen molar-refractivity contribution < 1.29 is 42.5 Å². The minimum atomic E-state index is -4.17. The van der Waals surface area contributed by atoms with E-state index in [0.717, 1.165) is 12.1 Å². The molecule has 0 bridgehead atoms. The lowest BCUT2D eigenvalue weighted by atomic mass is 10.1. The summed E-state index contributed by atoms with van der Waals surface area (Å²) in [5, 5.41) is 8.19. The molecular formula is C13H12F2O7. The second-order valence-corrected chi connectivity index (χ2v) is 4.00. The highest BCUT2D eigenvalue weighted by Crippen LogP contribution is 2.15. The summed E-state index contributed by atoms with van der Waals surface area (Å²) in [6.45, 7) is -1.83. The summed E-state index contributed by atoms with van der Waals surface area (Å²) in [6.07, 6.45) is 0. The van der Waals surface area contributed by atoms with Crippen molar-refractivity contribution in [2.45, 2.75) is 5.92 Å². The second-order valence-electron chi connectivity index (χ2n) is 4.00. The molecule has 0 spiro atoms. The fraction of sp³-hybridized carbons (Fsp3) is 0.308. The predicted octanol–water partition coefficient (Wildman–Crippen LogP) is 1.32. The largest absolute Gasteiger partial charge is 0.477 e. The van der Waals surface area contributed by atoms with Crippen LogP contribution in [-0.4, -0.2) is 49.4 Å². The summed E-state index contributed by atoms with van der Waals surface area (Å²) < 4.78 is 38.9. The van der Waals surface area contributed by atoms with Crippen molar-refractivity contribution in [1.82, 2.24) is 0 Å². The lowest BCUT2D eigenvalue weighted by Crippen LogP contribution is -2.34. The van der Waals surface area contributed by atoms with Gasteiger partial charge in [-0.15, -0.1) is 0 Å². The molecule has 0 heterocycles. The van der Waals surface area contributed by atoms with Gasteiger partial charge in [-0.2, -0.15) is 8.78 Å². The zero-order valence-electron chi connectivity index (χ0n) is 11.4. The van der Waals surface area contributed by atoms with Gasteiger partial charge in [0.25, 0.3) is 0 Å². The standard InChI is InChI=1S/C13H12F2O7/c1-20-7-22-11(17)9-4-2-8(3-5-9)10(16)21-6-13(14,15)12(18)19/h2-5H,6-7H2,1H3,(H,18,19). The van der Waals surface area contributed by atoms with Gasteiger partial charge in [0.1, 0.15) is 0 Å². The summed E-state index contributed by atoms with van der Waals surface area (Å²) in [7, 11) is 1.33. The van der Waals surface area contributed by atoms with Crippen molar-refractivity contribution >= 4 is 17.9 Å². The van der Waals surface area contributed by atoms with Gasteiger partial charge < -0.3 is 19.3 Å². The Morgan fingerprint density at radius 3 is 1.91 bits per heavy atom. The van der Waals surface area contributed by atoms with E-state index in [9.17, 15) is 23.2 Å². The van der Waals surface area contributed by atoms with Gasteiger partial charge in [-0.05, 0) is 24.3 Å². The second kappa shape index (κ2) is 7.46. The van der Waals surface area contributed by atoms with Crippen molar-refractivity contribution in [2.75, 3.05) is 20.5 Å². The Bertz CT molecular complexity index is 554. The van der Waals surface area contributed by atoms with Crippen LogP contribution in [-0.2, 0) is 19.0 Å². The molecule has 0 radical (unpaired) electrons. The molecule has 0 aliphatic carbocycles. The van der Waals surface area contributed by atoms with E-state index >= 15 is 0 Å². The Labute approximate surface area is 123 Å². The highest BCUT2D eigenvalue weighted by molar-refractivity contribution is 5.93. The van der Waals surface area contributed by atoms with Gasteiger partial charge in [0.2, 0.25) is 0 Å².